The van der Waals surface area contributed by atoms with Crippen LogP contribution >= 0.6 is 50.6 Å². The monoisotopic (exact) mass is 737 g/mol. The predicted molar refractivity (Wildman–Crippen MR) is 179 cm³/mol. The summed E-state index contributed by atoms with van der Waals surface area (Å²) in [6.07, 6.45) is 0.749. The molecular formula is C33H25BrClN3O6S2. The van der Waals surface area contributed by atoms with Gasteiger partial charge in [-0.15, -0.1) is 11.8 Å². The summed E-state index contributed by atoms with van der Waals surface area (Å²) in [5.74, 6) is -1.46. The number of thiazole rings is 1. The summed E-state index contributed by atoms with van der Waals surface area (Å²) in [7, 11) is 0. The van der Waals surface area contributed by atoms with Gasteiger partial charge in [0.05, 0.1) is 22.5 Å². The summed E-state index contributed by atoms with van der Waals surface area (Å²) in [6.45, 7) is -0.263. The van der Waals surface area contributed by atoms with Gasteiger partial charge in [-0.25, -0.2) is 0 Å². The van der Waals surface area contributed by atoms with Crippen LogP contribution in [0.4, 0.5) is 11.4 Å². The van der Waals surface area contributed by atoms with Crippen molar-refractivity contribution in [3.63, 3.8) is 0 Å². The number of carbonyl (C=O) groups is 3. The predicted octanol–water partition coefficient (Wildman–Crippen LogP) is 6.25. The Bertz CT molecular complexity index is 1970. The lowest BCUT2D eigenvalue weighted by atomic mass is 9.68. The molecule has 2 aliphatic heterocycles. The number of imide groups is 1. The van der Waals surface area contributed by atoms with E-state index in [4.69, 9.17) is 16.3 Å². The number of fused-ring (bicyclic) bond motifs is 9. The molecule has 234 valence electrons. The van der Waals surface area contributed by atoms with Gasteiger partial charge in [-0.2, -0.15) is 0 Å². The molecule has 7 atom stereocenters. The fourth-order valence-corrected chi connectivity index (χ4v) is 11.4. The van der Waals surface area contributed by atoms with Crippen LogP contribution in [0.1, 0.15) is 22.8 Å². The van der Waals surface area contributed by atoms with Gasteiger partial charge in [0.15, 0.2) is 6.61 Å². The Kier molecular flexibility index (Phi) is 7.31. The summed E-state index contributed by atoms with van der Waals surface area (Å²) in [6, 6.07) is 18.5. The lowest BCUT2D eigenvalue weighted by Crippen LogP contribution is -2.42. The van der Waals surface area contributed by atoms with E-state index >= 15 is 0 Å². The van der Waals surface area contributed by atoms with Crippen LogP contribution < -0.4 is 19.8 Å². The molecule has 4 aromatic rings. The highest BCUT2D eigenvalue weighted by molar-refractivity contribution is 9.10. The largest absolute Gasteiger partial charge is 0.508 e. The molecule has 0 radical (unpaired) electrons. The smallest absolute Gasteiger partial charge is 0.305 e. The third-order valence-corrected chi connectivity index (χ3v) is 13.0. The molecule has 3 N–H and O–H groups in total. The highest BCUT2D eigenvalue weighted by atomic mass is 79.9. The summed E-state index contributed by atoms with van der Waals surface area (Å²) in [5, 5.41) is 13.6. The van der Waals surface area contributed by atoms with E-state index in [0.717, 1.165) is 37.7 Å². The summed E-state index contributed by atoms with van der Waals surface area (Å²) >= 11 is 12.5. The van der Waals surface area contributed by atoms with Crippen molar-refractivity contribution in [2.75, 3.05) is 16.8 Å². The Labute approximate surface area is 284 Å². The van der Waals surface area contributed by atoms with Gasteiger partial charge < -0.3 is 20.1 Å². The maximum atomic E-state index is 14.0. The molecule has 46 heavy (non-hydrogen) atoms. The minimum atomic E-state index is -0.456. The first-order valence-corrected chi connectivity index (χ1v) is 17.6. The molecule has 4 unspecified atom stereocenters. The Morgan fingerprint density at radius 2 is 1.74 bits per heavy atom. The number of carbonyl (C=O) groups excluding carboxylic acids is 3. The standard InChI is InChI=1S/C33H25BrClN3O6S2/c34-14-1-10-22(44-13-23(40)36-16-4-8-18(39)9-5-16)19(11-14)24-25-20-12-21(28(25)45-30-29(24)46-33(43)37-30)27-26(20)31(41)38(32(27)42)17-6-2-15(35)3-7-17/h1-11,20-21,24-28,39H,12-13H2,(H,36,40)(H,37,43)/t20-,21-,24-,25?,26?,27?,28?/m1/s1. The molecule has 3 amide bonds. The number of hydrogen-bond acceptors (Lipinski definition) is 8. The van der Waals surface area contributed by atoms with Crippen molar-refractivity contribution in [3.8, 4) is 11.5 Å². The lowest BCUT2D eigenvalue weighted by Gasteiger charge is -2.43. The van der Waals surface area contributed by atoms with Crippen molar-refractivity contribution in [1.29, 1.82) is 0 Å². The molecule has 3 fully saturated rings. The zero-order valence-electron chi connectivity index (χ0n) is 23.8. The number of rotatable bonds is 6. The van der Waals surface area contributed by atoms with Gasteiger partial charge in [-0.3, -0.25) is 24.1 Å². The van der Waals surface area contributed by atoms with Crippen molar-refractivity contribution in [2.24, 2.45) is 29.6 Å². The normalized spacial score (nSPS) is 27.3. The van der Waals surface area contributed by atoms with Crippen molar-refractivity contribution < 1.29 is 24.2 Å². The van der Waals surface area contributed by atoms with Gasteiger partial charge in [-0.1, -0.05) is 38.9 Å². The van der Waals surface area contributed by atoms with E-state index in [1.54, 1.807) is 48.2 Å². The minimum absolute atomic E-state index is 0.000504. The number of halogens is 2. The van der Waals surface area contributed by atoms with E-state index in [2.05, 4.69) is 26.2 Å². The van der Waals surface area contributed by atoms with Crippen molar-refractivity contribution in [1.82, 2.24) is 4.98 Å². The molecule has 8 rings (SSSR count). The topological polar surface area (TPSA) is 129 Å². The molecule has 0 spiro atoms. The Morgan fingerprint density at radius 3 is 2.48 bits per heavy atom. The van der Waals surface area contributed by atoms with Crippen molar-refractivity contribution >= 4 is 79.7 Å². The number of nitrogens with zero attached hydrogens (tertiary/aromatic N) is 1. The number of hydrogen-bond donors (Lipinski definition) is 3. The van der Waals surface area contributed by atoms with E-state index in [1.165, 1.54) is 17.0 Å². The number of nitrogens with one attached hydrogen (secondary N) is 2. The second-order valence-electron chi connectivity index (χ2n) is 12.0. The van der Waals surface area contributed by atoms with Crippen LogP contribution in [0.3, 0.4) is 0 Å². The summed E-state index contributed by atoms with van der Waals surface area (Å²) < 4.78 is 6.96. The molecule has 1 aromatic heterocycles. The van der Waals surface area contributed by atoms with Crippen LogP contribution in [-0.4, -0.2) is 39.7 Å². The van der Waals surface area contributed by atoms with Crippen LogP contribution in [0.5, 0.6) is 11.5 Å². The number of anilines is 2. The number of aromatic nitrogens is 1. The average Bonchev–Trinajstić information content (AvgIpc) is 3.77. The van der Waals surface area contributed by atoms with Gasteiger partial charge in [0, 0.05) is 36.8 Å². The summed E-state index contributed by atoms with van der Waals surface area (Å²) in [4.78, 5) is 58.5. The fourth-order valence-electron chi connectivity index (χ4n) is 7.99. The molecule has 3 heterocycles. The van der Waals surface area contributed by atoms with Gasteiger partial charge in [0.1, 0.15) is 11.5 Å². The number of H-pyrrole nitrogens is 1. The second kappa shape index (κ2) is 11.3. The maximum Gasteiger partial charge on any atom is 0.305 e. The number of ether oxygens (including phenoxy) is 1. The van der Waals surface area contributed by atoms with Gasteiger partial charge in [0.25, 0.3) is 5.91 Å². The number of aromatic amines is 1. The number of benzene rings is 3. The van der Waals surface area contributed by atoms with Crippen LogP contribution in [0.15, 0.2) is 81.0 Å². The molecule has 1 saturated heterocycles. The molecular weight excluding hydrogens is 714 g/mol. The van der Waals surface area contributed by atoms with E-state index in [9.17, 15) is 24.3 Å². The molecule has 4 aliphatic rings. The number of phenols is 1. The fraction of sp³-hybridized carbons (Fsp3) is 0.273. The molecule has 2 aliphatic carbocycles. The highest BCUT2D eigenvalue weighted by Crippen LogP contribution is 2.69. The zero-order valence-corrected chi connectivity index (χ0v) is 27.8. The highest BCUT2D eigenvalue weighted by Gasteiger charge is 2.69. The minimum Gasteiger partial charge on any atom is -0.508 e. The first kappa shape index (κ1) is 29.8. The Morgan fingerprint density at radius 1 is 1.02 bits per heavy atom. The summed E-state index contributed by atoms with van der Waals surface area (Å²) in [5.41, 5.74) is 1.86. The molecule has 13 heteroatoms. The van der Waals surface area contributed by atoms with Crippen LogP contribution in [0.25, 0.3) is 0 Å². The second-order valence-corrected chi connectivity index (χ2v) is 15.6. The SMILES string of the molecule is O=C(COc1ccc(Br)cc1[C@H]1c2sc(=O)[nH]c2SC2C1[C@H]1C[C@@H]2C2C(=O)N(c3ccc(Cl)cc3)C(=O)C21)Nc1ccc(O)cc1. The van der Waals surface area contributed by atoms with Crippen molar-refractivity contribution in [3.05, 3.63) is 96.3 Å². The quantitative estimate of drug-likeness (QED) is 0.158. The third kappa shape index (κ3) is 4.80. The number of thioether (sulfide) groups is 1. The lowest BCUT2D eigenvalue weighted by molar-refractivity contribution is -0.123. The van der Waals surface area contributed by atoms with Gasteiger partial charge in [0.2, 0.25) is 11.8 Å². The van der Waals surface area contributed by atoms with Gasteiger partial charge in [-0.05, 0) is 90.9 Å². The number of amides is 3. The van der Waals surface area contributed by atoms with Gasteiger partial charge >= 0.3 is 4.87 Å². The van der Waals surface area contributed by atoms with E-state index in [1.807, 2.05) is 18.2 Å². The Balaban J connectivity index is 1.14. The number of phenolic OH excluding ortho intramolecular Hbond substituents is 1. The zero-order chi connectivity index (χ0) is 31.9. The third-order valence-electron chi connectivity index (χ3n) is 9.63. The molecule has 9 nitrogen and oxygen atoms in total. The molecule has 2 saturated carbocycles. The van der Waals surface area contributed by atoms with Crippen LogP contribution in [0.2, 0.25) is 5.02 Å². The maximum absolute atomic E-state index is 14.0. The number of aromatic hydroxyl groups is 1. The average molecular weight is 739 g/mol. The molecule has 3 aromatic carbocycles. The van der Waals surface area contributed by atoms with E-state index in [-0.39, 0.29) is 63.9 Å². The molecule has 2 bridgehead atoms. The van der Waals surface area contributed by atoms with Crippen LogP contribution in [0, 0.1) is 29.6 Å². The van der Waals surface area contributed by atoms with Crippen molar-refractivity contribution in [2.45, 2.75) is 22.6 Å². The van der Waals surface area contributed by atoms with E-state index in [0.29, 0.717) is 22.1 Å². The first-order chi connectivity index (χ1) is 22.2. The Hall–Kier alpha value is -3.58. The van der Waals surface area contributed by atoms with E-state index < -0.39 is 11.8 Å². The van der Waals surface area contributed by atoms with Crippen LogP contribution in [-0.2, 0) is 14.4 Å². The first-order valence-electron chi connectivity index (χ1n) is 14.7.